The fraction of sp³-hybridized carbons (Fsp3) is 0.207. The van der Waals surface area contributed by atoms with Crippen LogP contribution in [0.5, 0.6) is 17.4 Å². The SMILES string of the molecule is COc1ccc([N+](=O)[O-])cc1Nc1cc(Oc2ccc(NC(=O)Nc3ccc(N4CCOCC4)c(C(F)(F)F)c3)cc2)ncn1. The van der Waals surface area contributed by atoms with Gasteiger partial charge in [0, 0.05) is 48.4 Å². The molecule has 0 radical (unpaired) electrons. The van der Waals surface area contributed by atoms with Crippen molar-refractivity contribution in [3.63, 3.8) is 0 Å². The number of halogens is 3. The number of benzene rings is 3. The van der Waals surface area contributed by atoms with Crippen molar-refractivity contribution in [2.24, 2.45) is 0 Å². The first-order valence-electron chi connectivity index (χ1n) is 13.4. The fourth-order valence-corrected chi connectivity index (χ4v) is 4.45. The van der Waals surface area contributed by atoms with E-state index < -0.39 is 22.7 Å². The average Bonchev–Trinajstić information content (AvgIpc) is 3.02. The lowest BCUT2D eigenvalue weighted by molar-refractivity contribution is -0.384. The number of nitro benzene ring substituents is 1. The predicted octanol–water partition coefficient (Wildman–Crippen LogP) is 6.43. The lowest BCUT2D eigenvalue weighted by atomic mass is 10.1. The monoisotopic (exact) mass is 625 g/mol. The van der Waals surface area contributed by atoms with Crippen molar-refractivity contribution >= 4 is 40.3 Å². The number of aromatic nitrogens is 2. The zero-order chi connectivity index (χ0) is 32.0. The lowest BCUT2D eigenvalue weighted by Crippen LogP contribution is -2.37. The number of hydrogen-bond acceptors (Lipinski definition) is 10. The van der Waals surface area contributed by atoms with Crippen LogP contribution in [0.3, 0.4) is 0 Å². The molecule has 1 fully saturated rings. The molecule has 0 aliphatic carbocycles. The highest BCUT2D eigenvalue weighted by atomic mass is 19.4. The molecule has 2 heterocycles. The Labute approximate surface area is 254 Å². The van der Waals surface area contributed by atoms with E-state index in [1.54, 1.807) is 17.0 Å². The van der Waals surface area contributed by atoms with Gasteiger partial charge in [-0.2, -0.15) is 13.2 Å². The molecule has 2 amide bonds. The van der Waals surface area contributed by atoms with Crippen LogP contribution in [0.4, 0.5) is 52.2 Å². The lowest BCUT2D eigenvalue weighted by Gasteiger charge is -2.31. The van der Waals surface area contributed by atoms with E-state index in [-0.39, 0.29) is 28.8 Å². The summed E-state index contributed by atoms with van der Waals surface area (Å²) in [6.07, 6.45) is -3.38. The molecular formula is C29H26F3N7O6. The quantitative estimate of drug-likeness (QED) is 0.140. The Morgan fingerprint density at radius 1 is 0.978 bits per heavy atom. The summed E-state index contributed by atoms with van der Waals surface area (Å²) >= 11 is 0. The van der Waals surface area contributed by atoms with Crippen LogP contribution in [-0.2, 0) is 10.9 Å². The Morgan fingerprint density at radius 2 is 1.69 bits per heavy atom. The van der Waals surface area contributed by atoms with Gasteiger partial charge in [-0.15, -0.1) is 0 Å². The molecule has 1 saturated heterocycles. The first kappa shape index (κ1) is 30.8. The molecule has 16 heteroatoms. The average molecular weight is 626 g/mol. The number of nitrogens with zero attached hydrogens (tertiary/aromatic N) is 4. The molecule has 0 saturated carbocycles. The van der Waals surface area contributed by atoms with Crippen LogP contribution in [0.1, 0.15) is 5.56 Å². The number of urea groups is 1. The van der Waals surface area contributed by atoms with Crippen molar-refractivity contribution in [3.05, 3.63) is 88.7 Å². The number of amides is 2. The molecule has 13 nitrogen and oxygen atoms in total. The summed E-state index contributed by atoms with van der Waals surface area (Å²) < 4.78 is 57.7. The number of carbonyl (C=O) groups is 1. The highest BCUT2D eigenvalue weighted by Gasteiger charge is 2.35. The van der Waals surface area contributed by atoms with Crippen molar-refractivity contribution in [3.8, 4) is 17.4 Å². The zero-order valence-electron chi connectivity index (χ0n) is 23.6. The number of methoxy groups -OCH3 is 1. The molecule has 234 valence electrons. The number of rotatable bonds is 9. The molecule has 1 aliphatic heterocycles. The second kappa shape index (κ2) is 13.3. The van der Waals surface area contributed by atoms with Gasteiger partial charge in [0.1, 0.15) is 23.6 Å². The Balaban J connectivity index is 1.21. The number of nitro groups is 1. The molecule has 45 heavy (non-hydrogen) atoms. The van der Waals surface area contributed by atoms with E-state index in [2.05, 4.69) is 25.9 Å². The highest BCUT2D eigenvalue weighted by Crippen LogP contribution is 2.39. The maximum absolute atomic E-state index is 13.8. The van der Waals surface area contributed by atoms with E-state index in [9.17, 15) is 28.1 Å². The second-order valence-corrected chi connectivity index (χ2v) is 9.54. The summed E-state index contributed by atoms with van der Waals surface area (Å²) in [5.41, 5.74) is -0.318. The van der Waals surface area contributed by atoms with Gasteiger partial charge in [0.15, 0.2) is 0 Å². The first-order chi connectivity index (χ1) is 21.6. The van der Waals surface area contributed by atoms with Crippen LogP contribution < -0.4 is 30.3 Å². The van der Waals surface area contributed by atoms with E-state index in [0.29, 0.717) is 49.2 Å². The third-order valence-electron chi connectivity index (χ3n) is 6.54. The van der Waals surface area contributed by atoms with Gasteiger partial charge < -0.3 is 35.1 Å². The van der Waals surface area contributed by atoms with Crippen LogP contribution in [0, 0.1) is 10.1 Å². The van der Waals surface area contributed by atoms with E-state index in [1.807, 2.05) is 0 Å². The summed E-state index contributed by atoms with van der Waals surface area (Å²) in [6.45, 7) is 1.33. The summed E-state index contributed by atoms with van der Waals surface area (Å²) in [5.74, 6) is 1.14. The van der Waals surface area contributed by atoms with Gasteiger partial charge in [-0.05, 0) is 48.5 Å². The third-order valence-corrected chi connectivity index (χ3v) is 6.54. The molecule has 3 N–H and O–H groups in total. The number of non-ortho nitro benzene ring substituents is 1. The molecule has 0 unspecified atom stereocenters. The molecule has 1 aromatic heterocycles. The van der Waals surface area contributed by atoms with Crippen molar-refractivity contribution in [2.75, 3.05) is 54.3 Å². The maximum atomic E-state index is 13.8. The van der Waals surface area contributed by atoms with Crippen molar-refractivity contribution in [1.82, 2.24) is 9.97 Å². The standard InChI is InChI=1S/C29H26F3N7O6/c1-43-25-9-5-20(39(41)42)15-23(25)37-26-16-27(34-17-33-26)45-21-6-2-18(3-7-21)35-28(40)36-19-4-8-24(22(14-19)29(30,31)32)38-10-12-44-13-11-38/h2-9,14-17H,10-13H2,1H3,(H,33,34,37)(H2,35,36,40). The van der Waals surface area contributed by atoms with Crippen molar-refractivity contribution in [2.45, 2.75) is 6.18 Å². The largest absolute Gasteiger partial charge is 0.495 e. The molecule has 5 rings (SSSR count). The fourth-order valence-electron chi connectivity index (χ4n) is 4.45. The van der Waals surface area contributed by atoms with Gasteiger partial charge in [-0.1, -0.05) is 0 Å². The van der Waals surface area contributed by atoms with Crippen molar-refractivity contribution in [1.29, 1.82) is 0 Å². The Bertz CT molecular complexity index is 1680. The molecule has 3 aromatic carbocycles. The number of nitrogens with one attached hydrogen (secondary N) is 3. The van der Waals surface area contributed by atoms with Crippen LogP contribution in [0.2, 0.25) is 0 Å². The zero-order valence-corrected chi connectivity index (χ0v) is 23.6. The molecule has 0 atom stereocenters. The number of alkyl halides is 3. The molecule has 0 spiro atoms. The van der Waals surface area contributed by atoms with Gasteiger partial charge in [-0.25, -0.2) is 14.8 Å². The summed E-state index contributed by atoms with van der Waals surface area (Å²) in [6, 6.07) is 14.6. The van der Waals surface area contributed by atoms with Crippen LogP contribution in [-0.4, -0.2) is 54.3 Å². The number of anilines is 5. The summed E-state index contributed by atoms with van der Waals surface area (Å²) in [4.78, 5) is 33.0. The minimum atomic E-state index is -4.62. The van der Waals surface area contributed by atoms with E-state index in [0.717, 1.165) is 6.07 Å². The topological polar surface area (TPSA) is 153 Å². The van der Waals surface area contributed by atoms with Gasteiger partial charge in [0.25, 0.3) is 5.69 Å². The Morgan fingerprint density at radius 3 is 2.38 bits per heavy atom. The van der Waals surface area contributed by atoms with Crippen LogP contribution in [0.25, 0.3) is 0 Å². The normalized spacial score (nSPS) is 13.1. The maximum Gasteiger partial charge on any atom is 0.418 e. The Hall–Kier alpha value is -5.64. The van der Waals surface area contributed by atoms with E-state index >= 15 is 0 Å². The summed E-state index contributed by atoms with van der Waals surface area (Å²) in [7, 11) is 1.43. The third kappa shape index (κ3) is 7.85. The van der Waals surface area contributed by atoms with Gasteiger partial charge >= 0.3 is 12.2 Å². The minimum absolute atomic E-state index is 0.0207. The van der Waals surface area contributed by atoms with Gasteiger partial charge in [0.05, 0.1) is 36.5 Å². The molecule has 1 aliphatic rings. The smallest absolute Gasteiger partial charge is 0.418 e. The van der Waals surface area contributed by atoms with Gasteiger partial charge in [0.2, 0.25) is 5.88 Å². The van der Waals surface area contributed by atoms with Crippen LogP contribution >= 0.6 is 0 Å². The number of morpholine rings is 1. The minimum Gasteiger partial charge on any atom is -0.495 e. The van der Waals surface area contributed by atoms with Crippen molar-refractivity contribution < 1.29 is 37.1 Å². The van der Waals surface area contributed by atoms with E-state index in [1.165, 1.54) is 62.0 Å². The van der Waals surface area contributed by atoms with Crippen LogP contribution in [0.15, 0.2) is 73.1 Å². The summed E-state index contributed by atoms with van der Waals surface area (Å²) in [5, 5.41) is 19.1. The first-order valence-corrected chi connectivity index (χ1v) is 13.4. The Kier molecular flexibility index (Phi) is 9.13. The molecular weight excluding hydrogens is 599 g/mol. The predicted molar refractivity (Wildman–Crippen MR) is 159 cm³/mol. The van der Waals surface area contributed by atoms with Gasteiger partial charge in [-0.3, -0.25) is 10.1 Å². The molecule has 4 aromatic rings. The second-order valence-electron chi connectivity index (χ2n) is 9.54. The number of hydrogen-bond donors (Lipinski definition) is 3. The highest BCUT2D eigenvalue weighted by molar-refractivity contribution is 6.00. The molecule has 0 bridgehead atoms. The number of carbonyl (C=O) groups excluding carboxylic acids is 1. The van der Waals surface area contributed by atoms with E-state index in [4.69, 9.17) is 14.2 Å². The number of ether oxygens (including phenoxy) is 3.